The molecule has 4 nitrogen and oxygen atoms in total. The standard InChI is InChI=1S/C16H26N2O2/c1-11-5-7-13(8-6-11)10-18-12(2)15(19)17-9-3-4-14(17)16(18)20/h11-14H,3-10H2,1-2H3. The van der Waals surface area contributed by atoms with Gasteiger partial charge in [0.2, 0.25) is 11.8 Å². The van der Waals surface area contributed by atoms with Crippen LogP contribution in [0.3, 0.4) is 0 Å². The quantitative estimate of drug-likeness (QED) is 0.775. The first-order valence-corrected chi connectivity index (χ1v) is 8.19. The fraction of sp³-hybridized carbons (Fsp3) is 0.875. The largest absolute Gasteiger partial charge is 0.329 e. The maximum absolute atomic E-state index is 12.6. The molecule has 4 heteroatoms. The summed E-state index contributed by atoms with van der Waals surface area (Å²) in [4.78, 5) is 28.7. The summed E-state index contributed by atoms with van der Waals surface area (Å²) in [6.07, 6.45) is 6.79. The monoisotopic (exact) mass is 278 g/mol. The topological polar surface area (TPSA) is 40.6 Å². The molecule has 0 radical (unpaired) electrons. The highest BCUT2D eigenvalue weighted by molar-refractivity contribution is 5.97. The Balaban J connectivity index is 1.68. The zero-order valence-corrected chi connectivity index (χ0v) is 12.7. The van der Waals surface area contributed by atoms with Gasteiger partial charge in [0.05, 0.1) is 0 Å². The Morgan fingerprint density at radius 1 is 1.00 bits per heavy atom. The van der Waals surface area contributed by atoms with Crippen LogP contribution >= 0.6 is 0 Å². The van der Waals surface area contributed by atoms with Crippen LogP contribution in [0.1, 0.15) is 52.4 Å². The van der Waals surface area contributed by atoms with Gasteiger partial charge in [-0.15, -0.1) is 0 Å². The number of amides is 2. The first-order valence-electron chi connectivity index (χ1n) is 8.19. The molecule has 1 aliphatic carbocycles. The van der Waals surface area contributed by atoms with Gasteiger partial charge in [0.25, 0.3) is 0 Å². The Bertz CT molecular complexity index is 401. The van der Waals surface area contributed by atoms with Gasteiger partial charge < -0.3 is 9.80 Å². The second-order valence-electron chi connectivity index (χ2n) is 6.98. The predicted molar refractivity (Wildman–Crippen MR) is 77.0 cm³/mol. The number of nitrogens with zero attached hydrogens (tertiary/aromatic N) is 2. The number of fused-ring (bicyclic) bond motifs is 1. The van der Waals surface area contributed by atoms with Crippen LogP contribution in [-0.2, 0) is 9.59 Å². The van der Waals surface area contributed by atoms with Crippen LogP contribution in [0.25, 0.3) is 0 Å². The van der Waals surface area contributed by atoms with E-state index in [1.807, 2.05) is 16.7 Å². The van der Waals surface area contributed by atoms with Crippen molar-refractivity contribution in [2.75, 3.05) is 13.1 Å². The van der Waals surface area contributed by atoms with Crippen molar-refractivity contribution in [3.8, 4) is 0 Å². The van der Waals surface area contributed by atoms with Crippen molar-refractivity contribution in [2.45, 2.75) is 64.5 Å². The fourth-order valence-electron chi connectivity index (χ4n) is 4.08. The molecular formula is C16H26N2O2. The van der Waals surface area contributed by atoms with Crippen LogP contribution in [0.2, 0.25) is 0 Å². The smallest absolute Gasteiger partial charge is 0.246 e. The van der Waals surface area contributed by atoms with Gasteiger partial charge in [-0.05, 0) is 44.4 Å². The minimum atomic E-state index is -0.254. The lowest BCUT2D eigenvalue weighted by Gasteiger charge is -2.43. The van der Waals surface area contributed by atoms with Crippen molar-refractivity contribution in [3.63, 3.8) is 0 Å². The molecule has 3 fully saturated rings. The van der Waals surface area contributed by atoms with E-state index in [2.05, 4.69) is 6.92 Å². The highest BCUT2D eigenvalue weighted by Gasteiger charge is 2.46. The minimum Gasteiger partial charge on any atom is -0.329 e. The molecule has 0 aromatic rings. The van der Waals surface area contributed by atoms with Gasteiger partial charge >= 0.3 is 0 Å². The van der Waals surface area contributed by atoms with Crippen molar-refractivity contribution in [1.29, 1.82) is 0 Å². The molecule has 0 spiro atoms. The van der Waals surface area contributed by atoms with Crippen molar-refractivity contribution in [1.82, 2.24) is 9.80 Å². The fourth-order valence-corrected chi connectivity index (χ4v) is 4.08. The third-order valence-corrected chi connectivity index (χ3v) is 5.52. The van der Waals surface area contributed by atoms with E-state index in [0.29, 0.717) is 5.92 Å². The van der Waals surface area contributed by atoms with Crippen molar-refractivity contribution < 1.29 is 9.59 Å². The van der Waals surface area contributed by atoms with Crippen molar-refractivity contribution in [3.05, 3.63) is 0 Å². The molecule has 2 unspecified atom stereocenters. The molecule has 2 atom stereocenters. The molecule has 0 bridgehead atoms. The summed E-state index contributed by atoms with van der Waals surface area (Å²) in [6.45, 7) is 5.78. The normalized spacial score (nSPS) is 38.3. The summed E-state index contributed by atoms with van der Waals surface area (Å²) in [6, 6.07) is -0.405. The van der Waals surface area contributed by atoms with E-state index in [1.54, 1.807) is 0 Å². The second-order valence-corrected chi connectivity index (χ2v) is 6.98. The highest BCUT2D eigenvalue weighted by Crippen LogP contribution is 2.32. The Morgan fingerprint density at radius 2 is 1.70 bits per heavy atom. The number of hydrogen-bond donors (Lipinski definition) is 0. The number of piperazine rings is 1. The average Bonchev–Trinajstić information content (AvgIpc) is 2.93. The zero-order chi connectivity index (χ0) is 14.3. The van der Waals surface area contributed by atoms with E-state index in [0.717, 1.165) is 31.8 Å². The first kappa shape index (κ1) is 13.9. The molecule has 20 heavy (non-hydrogen) atoms. The molecule has 0 aromatic heterocycles. The summed E-state index contributed by atoms with van der Waals surface area (Å²) in [5.41, 5.74) is 0. The predicted octanol–water partition coefficient (Wildman–Crippen LogP) is 2.03. The van der Waals surface area contributed by atoms with Crippen LogP contribution < -0.4 is 0 Å². The summed E-state index contributed by atoms with van der Waals surface area (Å²) in [5, 5.41) is 0. The molecule has 1 saturated carbocycles. The molecule has 2 saturated heterocycles. The van der Waals surface area contributed by atoms with E-state index in [4.69, 9.17) is 0 Å². The molecule has 2 aliphatic heterocycles. The van der Waals surface area contributed by atoms with Gasteiger partial charge in [0.1, 0.15) is 12.1 Å². The minimum absolute atomic E-state index is 0.152. The first-order chi connectivity index (χ1) is 9.58. The van der Waals surface area contributed by atoms with Gasteiger partial charge in [-0.1, -0.05) is 19.8 Å². The molecular weight excluding hydrogens is 252 g/mol. The summed E-state index contributed by atoms with van der Waals surface area (Å²) in [7, 11) is 0. The maximum Gasteiger partial charge on any atom is 0.246 e. The van der Waals surface area contributed by atoms with Gasteiger partial charge in [-0.25, -0.2) is 0 Å². The third-order valence-electron chi connectivity index (χ3n) is 5.52. The van der Waals surface area contributed by atoms with E-state index in [-0.39, 0.29) is 23.9 Å². The lowest BCUT2D eigenvalue weighted by atomic mass is 9.82. The molecule has 0 aromatic carbocycles. The van der Waals surface area contributed by atoms with E-state index in [9.17, 15) is 9.59 Å². The second kappa shape index (κ2) is 5.38. The lowest BCUT2D eigenvalue weighted by Crippen LogP contribution is -2.62. The molecule has 0 N–H and O–H groups in total. The van der Waals surface area contributed by atoms with E-state index in [1.165, 1.54) is 25.7 Å². The van der Waals surface area contributed by atoms with E-state index < -0.39 is 0 Å². The molecule has 2 amide bonds. The maximum atomic E-state index is 12.6. The van der Waals surface area contributed by atoms with Crippen LogP contribution in [0.15, 0.2) is 0 Å². The summed E-state index contributed by atoms with van der Waals surface area (Å²) < 4.78 is 0. The molecule has 2 heterocycles. The van der Waals surface area contributed by atoms with Crippen molar-refractivity contribution >= 4 is 11.8 Å². The Kier molecular flexibility index (Phi) is 3.74. The Hall–Kier alpha value is -1.06. The molecule has 3 aliphatic rings. The van der Waals surface area contributed by atoms with Gasteiger partial charge in [0, 0.05) is 13.1 Å². The molecule has 3 rings (SSSR count). The van der Waals surface area contributed by atoms with Crippen LogP contribution in [0, 0.1) is 11.8 Å². The lowest BCUT2D eigenvalue weighted by molar-refractivity contribution is -0.159. The van der Waals surface area contributed by atoms with Gasteiger partial charge in [-0.2, -0.15) is 0 Å². The van der Waals surface area contributed by atoms with Crippen LogP contribution in [0.4, 0.5) is 0 Å². The third kappa shape index (κ3) is 2.33. The van der Waals surface area contributed by atoms with Gasteiger partial charge in [-0.3, -0.25) is 9.59 Å². The summed E-state index contributed by atoms with van der Waals surface area (Å²) in [5.74, 6) is 1.79. The van der Waals surface area contributed by atoms with Crippen LogP contribution in [-0.4, -0.2) is 46.8 Å². The number of carbonyl (C=O) groups is 2. The van der Waals surface area contributed by atoms with E-state index >= 15 is 0 Å². The Labute approximate surface area is 121 Å². The SMILES string of the molecule is CC1CCC(CN2C(=O)C3CCCN3C(=O)C2C)CC1. The highest BCUT2D eigenvalue weighted by atomic mass is 16.2. The average molecular weight is 278 g/mol. The molecule has 112 valence electrons. The Morgan fingerprint density at radius 3 is 2.40 bits per heavy atom. The van der Waals surface area contributed by atoms with Crippen molar-refractivity contribution in [2.24, 2.45) is 11.8 Å². The number of hydrogen-bond acceptors (Lipinski definition) is 2. The van der Waals surface area contributed by atoms with Crippen LogP contribution in [0.5, 0.6) is 0 Å². The number of rotatable bonds is 2. The summed E-state index contributed by atoms with van der Waals surface area (Å²) >= 11 is 0. The zero-order valence-electron chi connectivity index (χ0n) is 12.7. The number of carbonyl (C=O) groups excluding carboxylic acids is 2. The van der Waals surface area contributed by atoms with Gasteiger partial charge in [0.15, 0.2) is 0 Å².